The van der Waals surface area contributed by atoms with Crippen LogP contribution in [0.2, 0.25) is 5.02 Å². The molecule has 132 valence electrons. The zero-order valence-electron chi connectivity index (χ0n) is 13.7. The van der Waals surface area contributed by atoms with Crippen molar-refractivity contribution in [3.63, 3.8) is 0 Å². The number of fused-ring (bicyclic) bond motifs is 1. The fourth-order valence-electron chi connectivity index (χ4n) is 2.76. The smallest absolute Gasteiger partial charge is 0.412 e. The number of rotatable bonds is 4. The van der Waals surface area contributed by atoms with E-state index in [1.54, 1.807) is 6.07 Å². The molecular formula is C17H15ClFNO5. The number of hydrogen-bond acceptors (Lipinski definition) is 5. The van der Waals surface area contributed by atoms with Gasteiger partial charge < -0.3 is 18.9 Å². The van der Waals surface area contributed by atoms with Crippen LogP contribution in [0.25, 0.3) is 0 Å². The number of ether oxygens (including phenoxy) is 4. The number of methoxy groups -OCH3 is 3. The maximum atomic E-state index is 14.3. The maximum Gasteiger partial charge on any atom is 0.412 e. The Kier molecular flexibility index (Phi) is 4.59. The van der Waals surface area contributed by atoms with Crippen LogP contribution in [-0.4, -0.2) is 27.4 Å². The summed E-state index contributed by atoms with van der Waals surface area (Å²) in [6.07, 6.45) is -1.77. The fraction of sp³-hybridized carbons (Fsp3) is 0.235. The van der Waals surface area contributed by atoms with Crippen molar-refractivity contribution in [2.45, 2.75) is 6.10 Å². The molecule has 1 heterocycles. The van der Waals surface area contributed by atoms with Gasteiger partial charge in [-0.3, -0.25) is 5.32 Å². The van der Waals surface area contributed by atoms with Crippen molar-refractivity contribution in [3.8, 4) is 17.2 Å². The molecule has 3 rings (SSSR count). The number of anilines is 1. The largest absolute Gasteiger partial charge is 0.493 e. The second-order valence-corrected chi connectivity index (χ2v) is 5.62. The number of carbonyl (C=O) groups excluding carboxylic acids is 1. The van der Waals surface area contributed by atoms with E-state index in [4.69, 9.17) is 30.5 Å². The Bertz CT molecular complexity index is 842. The molecule has 25 heavy (non-hydrogen) atoms. The zero-order valence-corrected chi connectivity index (χ0v) is 14.4. The minimum Gasteiger partial charge on any atom is -0.493 e. The summed E-state index contributed by atoms with van der Waals surface area (Å²) in [6, 6.07) is 5.64. The SMILES string of the molecule is COc1cc2c(c(OC)c1OC)NC(=O)OC2c1cc(Cl)ccc1F. The van der Waals surface area contributed by atoms with Crippen LogP contribution >= 0.6 is 11.6 Å². The number of amides is 1. The van der Waals surface area contributed by atoms with Gasteiger partial charge >= 0.3 is 6.09 Å². The molecule has 0 radical (unpaired) electrons. The second-order valence-electron chi connectivity index (χ2n) is 5.19. The van der Waals surface area contributed by atoms with E-state index in [0.29, 0.717) is 27.8 Å². The van der Waals surface area contributed by atoms with Crippen molar-refractivity contribution in [3.05, 3.63) is 46.2 Å². The molecule has 0 fully saturated rings. The van der Waals surface area contributed by atoms with Crippen LogP contribution in [0, 0.1) is 5.82 Å². The van der Waals surface area contributed by atoms with Crippen molar-refractivity contribution in [1.29, 1.82) is 0 Å². The number of benzene rings is 2. The number of cyclic esters (lactones) is 1. The van der Waals surface area contributed by atoms with Gasteiger partial charge in [0.1, 0.15) is 5.82 Å². The molecule has 2 aromatic carbocycles. The highest BCUT2D eigenvalue weighted by Gasteiger charge is 2.35. The van der Waals surface area contributed by atoms with Crippen LogP contribution in [-0.2, 0) is 4.74 Å². The number of halogens is 2. The third kappa shape index (κ3) is 2.91. The van der Waals surface area contributed by atoms with E-state index in [2.05, 4.69) is 5.32 Å². The maximum absolute atomic E-state index is 14.3. The van der Waals surface area contributed by atoms with E-state index in [0.717, 1.165) is 0 Å². The molecule has 1 unspecified atom stereocenters. The Morgan fingerprint density at radius 3 is 2.44 bits per heavy atom. The number of hydrogen-bond donors (Lipinski definition) is 1. The number of nitrogens with one attached hydrogen (secondary N) is 1. The van der Waals surface area contributed by atoms with Gasteiger partial charge in [-0.05, 0) is 24.3 Å². The van der Waals surface area contributed by atoms with E-state index >= 15 is 0 Å². The van der Waals surface area contributed by atoms with Gasteiger partial charge in [0.05, 0.1) is 27.0 Å². The van der Waals surface area contributed by atoms with Gasteiger partial charge in [-0.25, -0.2) is 9.18 Å². The van der Waals surface area contributed by atoms with E-state index in [-0.39, 0.29) is 11.3 Å². The molecule has 1 amide bonds. The first-order valence-corrected chi connectivity index (χ1v) is 7.63. The molecule has 1 N–H and O–H groups in total. The average molecular weight is 368 g/mol. The lowest BCUT2D eigenvalue weighted by Crippen LogP contribution is -2.26. The van der Waals surface area contributed by atoms with E-state index in [9.17, 15) is 9.18 Å². The summed E-state index contributed by atoms with van der Waals surface area (Å²) in [5.74, 6) is 0.353. The monoisotopic (exact) mass is 367 g/mol. The van der Waals surface area contributed by atoms with Crippen molar-refractivity contribution in [2.24, 2.45) is 0 Å². The van der Waals surface area contributed by atoms with Crippen LogP contribution in [0.4, 0.5) is 14.9 Å². The Labute approximate surface area is 148 Å². The quantitative estimate of drug-likeness (QED) is 0.879. The summed E-state index contributed by atoms with van der Waals surface area (Å²) in [5, 5.41) is 2.88. The molecule has 6 nitrogen and oxygen atoms in total. The van der Waals surface area contributed by atoms with Gasteiger partial charge in [-0.2, -0.15) is 0 Å². The predicted molar refractivity (Wildman–Crippen MR) is 89.5 cm³/mol. The summed E-state index contributed by atoms with van der Waals surface area (Å²) in [6.45, 7) is 0. The lowest BCUT2D eigenvalue weighted by atomic mass is 9.96. The first-order chi connectivity index (χ1) is 12.0. The van der Waals surface area contributed by atoms with Crippen molar-refractivity contribution >= 4 is 23.4 Å². The molecule has 0 spiro atoms. The standard InChI is InChI=1S/C17H15ClFNO5/c1-22-12-7-10-13(16(24-3)15(12)23-2)20-17(21)25-14(10)9-6-8(18)4-5-11(9)19/h4-7,14H,1-3H3,(H,20,21). The van der Waals surface area contributed by atoms with Gasteiger partial charge in [0.15, 0.2) is 17.6 Å². The first-order valence-electron chi connectivity index (χ1n) is 7.25. The first kappa shape index (κ1) is 17.2. The van der Waals surface area contributed by atoms with Gasteiger partial charge in [-0.1, -0.05) is 11.6 Å². The highest BCUT2D eigenvalue weighted by molar-refractivity contribution is 6.30. The third-order valence-corrected chi connectivity index (χ3v) is 4.07. The fourth-order valence-corrected chi connectivity index (χ4v) is 2.94. The van der Waals surface area contributed by atoms with Gasteiger partial charge in [-0.15, -0.1) is 0 Å². The normalized spacial score (nSPS) is 15.7. The second kappa shape index (κ2) is 6.68. The van der Waals surface area contributed by atoms with Crippen molar-refractivity contribution in [1.82, 2.24) is 0 Å². The molecule has 0 saturated heterocycles. The Morgan fingerprint density at radius 1 is 1.08 bits per heavy atom. The summed E-state index contributed by atoms with van der Waals surface area (Å²) < 4.78 is 35.6. The molecule has 0 bridgehead atoms. The van der Waals surface area contributed by atoms with Crippen molar-refractivity contribution < 1.29 is 28.1 Å². The molecule has 1 aliphatic rings. The molecule has 1 aliphatic heterocycles. The van der Waals surface area contributed by atoms with Gasteiger partial charge in [0, 0.05) is 16.1 Å². The Morgan fingerprint density at radius 2 is 1.80 bits per heavy atom. The van der Waals surface area contributed by atoms with Crippen LogP contribution in [0.1, 0.15) is 17.2 Å². The summed E-state index contributed by atoms with van der Waals surface area (Å²) in [7, 11) is 4.33. The summed E-state index contributed by atoms with van der Waals surface area (Å²) >= 11 is 5.97. The zero-order chi connectivity index (χ0) is 18.1. The van der Waals surface area contributed by atoms with E-state index in [1.165, 1.54) is 39.5 Å². The minimum absolute atomic E-state index is 0.123. The van der Waals surface area contributed by atoms with Gasteiger partial charge in [0.2, 0.25) is 5.75 Å². The number of carbonyl (C=O) groups is 1. The highest BCUT2D eigenvalue weighted by atomic mass is 35.5. The molecule has 1 atom stereocenters. The van der Waals surface area contributed by atoms with Gasteiger partial charge in [0.25, 0.3) is 0 Å². The third-order valence-electron chi connectivity index (χ3n) is 3.84. The van der Waals surface area contributed by atoms with Crippen LogP contribution < -0.4 is 19.5 Å². The minimum atomic E-state index is -1.02. The molecule has 0 aromatic heterocycles. The van der Waals surface area contributed by atoms with E-state index < -0.39 is 18.0 Å². The summed E-state index contributed by atoms with van der Waals surface area (Å²) in [4.78, 5) is 12.0. The molecule has 0 aliphatic carbocycles. The van der Waals surface area contributed by atoms with Crippen LogP contribution in [0.15, 0.2) is 24.3 Å². The van der Waals surface area contributed by atoms with Crippen LogP contribution in [0.3, 0.4) is 0 Å². The topological polar surface area (TPSA) is 66.0 Å². The Hall–Kier alpha value is -2.67. The highest BCUT2D eigenvalue weighted by Crippen LogP contribution is 2.50. The predicted octanol–water partition coefficient (Wildman–Crippen LogP) is 4.16. The van der Waals surface area contributed by atoms with Crippen LogP contribution in [0.5, 0.6) is 17.2 Å². The average Bonchev–Trinajstić information content (AvgIpc) is 2.61. The lowest BCUT2D eigenvalue weighted by molar-refractivity contribution is 0.124. The molecule has 0 saturated carbocycles. The summed E-state index contributed by atoms with van der Waals surface area (Å²) in [5.41, 5.74) is 0.897. The molecule has 2 aromatic rings. The molecule has 8 heteroatoms. The lowest BCUT2D eigenvalue weighted by Gasteiger charge is -2.29. The molecular weight excluding hydrogens is 353 g/mol. The van der Waals surface area contributed by atoms with Crippen molar-refractivity contribution in [2.75, 3.05) is 26.6 Å². The van der Waals surface area contributed by atoms with E-state index in [1.807, 2.05) is 0 Å². The Balaban J connectivity index is 2.27.